The predicted octanol–water partition coefficient (Wildman–Crippen LogP) is 3.16. The van der Waals surface area contributed by atoms with Crippen molar-refractivity contribution in [2.45, 2.75) is 31.7 Å². The maximum Gasteiger partial charge on any atom is 0.251 e. The molecule has 5 nitrogen and oxygen atoms in total. The normalized spacial score (nSPS) is 13.2. The number of amides is 2. The van der Waals surface area contributed by atoms with Crippen LogP contribution in [0.1, 0.15) is 35.2 Å². The summed E-state index contributed by atoms with van der Waals surface area (Å²) in [6.45, 7) is 0. The van der Waals surface area contributed by atoms with Gasteiger partial charge in [0.2, 0.25) is 5.91 Å². The lowest BCUT2D eigenvalue weighted by molar-refractivity contribution is -0.116. The summed E-state index contributed by atoms with van der Waals surface area (Å²) in [7, 11) is 1.63. The van der Waals surface area contributed by atoms with Gasteiger partial charge in [0, 0.05) is 23.7 Å². The van der Waals surface area contributed by atoms with Crippen molar-refractivity contribution < 1.29 is 14.3 Å². The molecule has 0 radical (unpaired) electrons. The van der Waals surface area contributed by atoms with Gasteiger partial charge in [-0.1, -0.05) is 12.1 Å². The monoisotopic (exact) mass is 338 g/mol. The Morgan fingerprint density at radius 1 is 1.04 bits per heavy atom. The van der Waals surface area contributed by atoms with Crippen LogP contribution in [-0.2, 0) is 11.2 Å². The minimum Gasteiger partial charge on any atom is -0.497 e. The Balaban J connectivity index is 1.47. The third kappa shape index (κ3) is 5.08. The van der Waals surface area contributed by atoms with E-state index in [0.717, 1.165) is 24.2 Å². The van der Waals surface area contributed by atoms with E-state index in [4.69, 9.17) is 4.74 Å². The SMILES string of the molecule is COc1ccc(CCC(=O)Nc2ccc(C(=O)NC3CC3)cc2)cc1. The van der Waals surface area contributed by atoms with Crippen molar-refractivity contribution >= 4 is 17.5 Å². The molecule has 0 bridgehead atoms. The first-order valence-electron chi connectivity index (χ1n) is 8.48. The van der Waals surface area contributed by atoms with Crippen LogP contribution in [0.15, 0.2) is 48.5 Å². The Hall–Kier alpha value is -2.82. The van der Waals surface area contributed by atoms with Gasteiger partial charge in [-0.15, -0.1) is 0 Å². The first-order chi connectivity index (χ1) is 12.1. The van der Waals surface area contributed by atoms with E-state index in [1.165, 1.54) is 0 Å². The van der Waals surface area contributed by atoms with E-state index in [2.05, 4.69) is 10.6 Å². The quantitative estimate of drug-likeness (QED) is 0.815. The third-order valence-corrected chi connectivity index (χ3v) is 4.14. The lowest BCUT2D eigenvalue weighted by Crippen LogP contribution is -2.25. The summed E-state index contributed by atoms with van der Waals surface area (Å²) in [5.74, 6) is 0.699. The molecule has 1 saturated carbocycles. The molecule has 1 aliphatic rings. The topological polar surface area (TPSA) is 67.4 Å². The van der Waals surface area contributed by atoms with E-state index in [0.29, 0.717) is 30.1 Å². The van der Waals surface area contributed by atoms with Crippen molar-refractivity contribution in [1.29, 1.82) is 0 Å². The van der Waals surface area contributed by atoms with Crippen LogP contribution < -0.4 is 15.4 Å². The zero-order chi connectivity index (χ0) is 17.6. The molecule has 1 fully saturated rings. The molecule has 0 saturated heterocycles. The molecular formula is C20H22N2O3. The van der Waals surface area contributed by atoms with Gasteiger partial charge in [0.1, 0.15) is 5.75 Å². The number of ether oxygens (including phenoxy) is 1. The van der Waals surface area contributed by atoms with Gasteiger partial charge in [0.15, 0.2) is 0 Å². The highest BCUT2D eigenvalue weighted by Crippen LogP contribution is 2.20. The number of anilines is 1. The summed E-state index contributed by atoms with van der Waals surface area (Å²) >= 11 is 0. The molecule has 0 spiro atoms. The second-order valence-electron chi connectivity index (χ2n) is 6.22. The van der Waals surface area contributed by atoms with Gasteiger partial charge in [0.05, 0.1) is 7.11 Å². The number of benzene rings is 2. The molecule has 0 heterocycles. The first-order valence-corrected chi connectivity index (χ1v) is 8.48. The van der Waals surface area contributed by atoms with Crippen LogP contribution in [0.4, 0.5) is 5.69 Å². The summed E-state index contributed by atoms with van der Waals surface area (Å²) in [5, 5.41) is 5.80. The molecule has 1 aliphatic carbocycles. The molecule has 0 aliphatic heterocycles. The van der Waals surface area contributed by atoms with Crippen molar-refractivity contribution in [1.82, 2.24) is 5.32 Å². The second kappa shape index (κ2) is 7.83. The van der Waals surface area contributed by atoms with E-state index < -0.39 is 0 Å². The lowest BCUT2D eigenvalue weighted by Gasteiger charge is -2.07. The van der Waals surface area contributed by atoms with Crippen molar-refractivity contribution in [3.8, 4) is 5.75 Å². The molecule has 3 rings (SSSR count). The number of hydrogen-bond acceptors (Lipinski definition) is 3. The summed E-state index contributed by atoms with van der Waals surface area (Å²) in [4.78, 5) is 24.0. The van der Waals surface area contributed by atoms with Crippen molar-refractivity contribution in [2.75, 3.05) is 12.4 Å². The zero-order valence-electron chi connectivity index (χ0n) is 14.2. The van der Waals surface area contributed by atoms with Crippen LogP contribution in [0.2, 0.25) is 0 Å². The van der Waals surface area contributed by atoms with Gasteiger partial charge in [-0.05, 0) is 61.2 Å². The summed E-state index contributed by atoms with van der Waals surface area (Å²) in [6, 6.07) is 15.0. The highest BCUT2D eigenvalue weighted by atomic mass is 16.5. The number of rotatable bonds is 7. The van der Waals surface area contributed by atoms with Crippen LogP contribution >= 0.6 is 0 Å². The molecule has 25 heavy (non-hydrogen) atoms. The number of aryl methyl sites for hydroxylation is 1. The average Bonchev–Trinajstić information content (AvgIpc) is 3.45. The number of hydrogen-bond donors (Lipinski definition) is 2. The Labute approximate surface area is 147 Å². The zero-order valence-corrected chi connectivity index (χ0v) is 14.2. The number of carbonyl (C=O) groups is 2. The van der Waals surface area contributed by atoms with Crippen LogP contribution in [0.5, 0.6) is 5.75 Å². The van der Waals surface area contributed by atoms with Crippen LogP contribution in [0.25, 0.3) is 0 Å². The minimum absolute atomic E-state index is 0.0500. The molecule has 2 amide bonds. The van der Waals surface area contributed by atoms with E-state index >= 15 is 0 Å². The molecule has 130 valence electrons. The van der Waals surface area contributed by atoms with Gasteiger partial charge >= 0.3 is 0 Å². The molecule has 0 aromatic heterocycles. The predicted molar refractivity (Wildman–Crippen MR) is 96.9 cm³/mol. The first kappa shape index (κ1) is 17.0. The molecular weight excluding hydrogens is 316 g/mol. The number of methoxy groups -OCH3 is 1. The van der Waals surface area contributed by atoms with Gasteiger partial charge in [0.25, 0.3) is 5.91 Å². The highest BCUT2D eigenvalue weighted by molar-refractivity contribution is 5.96. The van der Waals surface area contributed by atoms with Crippen molar-refractivity contribution in [3.63, 3.8) is 0 Å². The van der Waals surface area contributed by atoms with Gasteiger partial charge in [-0.25, -0.2) is 0 Å². The molecule has 2 aromatic rings. The Bertz CT molecular complexity index is 735. The summed E-state index contributed by atoms with van der Waals surface area (Å²) < 4.78 is 5.12. The molecule has 2 aromatic carbocycles. The van der Waals surface area contributed by atoms with Crippen LogP contribution in [-0.4, -0.2) is 25.0 Å². The summed E-state index contributed by atoms with van der Waals surface area (Å²) in [6.07, 6.45) is 3.19. The van der Waals surface area contributed by atoms with E-state index in [9.17, 15) is 9.59 Å². The highest BCUT2D eigenvalue weighted by Gasteiger charge is 2.23. The molecule has 0 atom stereocenters. The fraction of sp³-hybridized carbons (Fsp3) is 0.300. The number of carbonyl (C=O) groups excluding carboxylic acids is 2. The molecule has 0 unspecified atom stereocenters. The van der Waals surface area contributed by atoms with Crippen LogP contribution in [0.3, 0.4) is 0 Å². The largest absolute Gasteiger partial charge is 0.497 e. The van der Waals surface area contributed by atoms with Crippen LogP contribution in [0, 0.1) is 0 Å². The number of nitrogens with one attached hydrogen (secondary N) is 2. The van der Waals surface area contributed by atoms with E-state index in [1.807, 2.05) is 24.3 Å². The summed E-state index contributed by atoms with van der Waals surface area (Å²) in [5.41, 5.74) is 2.40. The van der Waals surface area contributed by atoms with Gasteiger partial charge in [-0.2, -0.15) is 0 Å². The van der Waals surface area contributed by atoms with Gasteiger partial charge < -0.3 is 15.4 Å². The Morgan fingerprint density at radius 2 is 1.72 bits per heavy atom. The van der Waals surface area contributed by atoms with Crippen molar-refractivity contribution in [2.24, 2.45) is 0 Å². The molecule has 2 N–H and O–H groups in total. The Morgan fingerprint density at radius 3 is 2.32 bits per heavy atom. The fourth-order valence-electron chi connectivity index (χ4n) is 2.47. The average molecular weight is 338 g/mol. The van der Waals surface area contributed by atoms with E-state index in [-0.39, 0.29) is 11.8 Å². The van der Waals surface area contributed by atoms with Crippen molar-refractivity contribution in [3.05, 3.63) is 59.7 Å². The third-order valence-electron chi connectivity index (χ3n) is 4.14. The fourth-order valence-corrected chi connectivity index (χ4v) is 2.47. The maximum absolute atomic E-state index is 12.1. The standard InChI is InChI=1S/C20H22N2O3/c1-25-18-11-2-14(3-12-18)4-13-19(23)21-16-7-5-15(6-8-16)20(24)22-17-9-10-17/h2-3,5-8,11-12,17H,4,9-10,13H2,1H3,(H,21,23)(H,22,24). The minimum atomic E-state index is -0.0557. The second-order valence-corrected chi connectivity index (χ2v) is 6.22. The Kier molecular flexibility index (Phi) is 5.33. The van der Waals surface area contributed by atoms with E-state index in [1.54, 1.807) is 31.4 Å². The smallest absolute Gasteiger partial charge is 0.251 e. The lowest BCUT2D eigenvalue weighted by atomic mass is 10.1. The van der Waals surface area contributed by atoms with Gasteiger partial charge in [-0.3, -0.25) is 9.59 Å². The maximum atomic E-state index is 12.1. The molecule has 5 heteroatoms.